The molecule has 1 atom stereocenters. The minimum absolute atomic E-state index is 0.0873. The van der Waals surface area contributed by atoms with Crippen molar-refractivity contribution < 1.29 is 4.79 Å². The molecule has 0 saturated carbocycles. The second-order valence-electron chi connectivity index (χ2n) is 3.54. The zero-order chi connectivity index (χ0) is 11.3. The maximum absolute atomic E-state index is 11.5. The Morgan fingerprint density at radius 3 is 2.87 bits per heavy atom. The third kappa shape index (κ3) is 3.58. The Balaban J connectivity index is 2.59. The molecule has 4 nitrogen and oxygen atoms in total. The summed E-state index contributed by atoms with van der Waals surface area (Å²) < 4.78 is 1.39. The smallest absolute Gasteiger partial charge is 0.250 e. The highest BCUT2D eigenvalue weighted by Crippen LogP contribution is 1.89. The molecule has 0 spiro atoms. The van der Waals surface area contributed by atoms with E-state index in [0.717, 1.165) is 6.42 Å². The molecule has 0 aliphatic heterocycles. The van der Waals surface area contributed by atoms with E-state index in [1.165, 1.54) is 10.6 Å². The van der Waals surface area contributed by atoms with Gasteiger partial charge in [-0.15, -0.1) is 0 Å². The van der Waals surface area contributed by atoms with Crippen LogP contribution in [0.2, 0.25) is 0 Å². The molecule has 0 aliphatic carbocycles. The van der Waals surface area contributed by atoms with Crippen molar-refractivity contribution in [2.45, 2.75) is 32.9 Å². The number of pyridine rings is 1. The molecule has 1 heterocycles. The van der Waals surface area contributed by atoms with Crippen LogP contribution in [-0.2, 0) is 11.3 Å². The highest BCUT2D eigenvalue weighted by Gasteiger charge is 2.06. The molecule has 0 saturated heterocycles. The number of nitrogens with one attached hydrogen (secondary N) is 1. The predicted molar refractivity (Wildman–Crippen MR) is 58.6 cm³/mol. The van der Waals surface area contributed by atoms with Gasteiger partial charge in [0.1, 0.15) is 6.54 Å². The van der Waals surface area contributed by atoms with Gasteiger partial charge in [0, 0.05) is 18.3 Å². The van der Waals surface area contributed by atoms with E-state index in [2.05, 4.69) is 5.32 Å². The lowest BCUT2D eigenvalue weighted by molar-refractivity contribution is -0.122. The lowest BCUT2D eigenvalue weighted by Gasteiger charge is -2.11. The summed E-state index contributed by atoms with van der Waals surface area (Å²) in [5, 5.41) is 2.81. The average Bonchev–Trinajstić information content (AvgIpc) is 2.21. The van der Waals surface area contributed by atoms with E-state index >= 15 is 0 Å². The summed E-state index contributed by atoms with van der Waals surface area (Å²) in [7, 11) is 0. The number of hydrogen-bond acceptors (Lipinski definition) is 2. The Morgan fingerprint density at radius 2 is 2.27 bits per heavy atom. The first-order valence-corrected chi connectivity index (χ1v) is 5.08. The summed E-state index contributed by atoms with van der Waals surface area (Å²) in [6, 6.07) is 4.98. The number of amides is 1. The van der Waals surface area contributed by atoms with E-state index in [4.69, 9.17) is 0 Å². The van der Waals surface area contributed by atoms with Gasteiger partial charge in [-0.2, -0.15) is 0 Å². The largest absolute Gasteiger partial charge is 0.352 e. The highest BCUT2D eigenvalue weighted by molar-refractivity contribution is 5.75. The summed E-state index contributed by atoms with van der Waals surface area (Å²) in [5.41, 5.74) is -0.156. The third-order valence-electron chi connectivity index (χ3n) is 2.23. The fourth-order valence-corrected chi connectivity index (χ4v) is 1.17. The zero-order valence-electron chi connectivity index (χ0n) is 9.06. The molecular weight excluding hydrogens is 192 g/mol. The van der Waals surface area contributed by atoms with Gasteiger partial charge in [-0.3, -0.25) is 9.59 Å². The number of carbonyl (C=O) groups excluding carboxylic acids is 1. The summed E-state index contributed by atoms with van der Waals surface area (Å²) in [5.74, 6) is -0.127. The summed E-state index contributed by atoms with van der Waals surface area (Å²) >= 11 is 0. The van der Waals surface area contributed by atoms with Crippen molar-refractivity contribution in [1.82, 2.24) is 9.88 Å². The Bertz CT molecular complexity index is 384. The van der Waals surface area contributed by atoms with E-state index in [9.17, 15) is 9.59 Å². The number of rotatable bonds is 4. The molecule has 0 radical (unpaired) electrons. The summed E-state index contributed by atoms with van der Waals surface area (Å²) in [6.07, 6.45) is 2.49. The van der Waals surface area contributed by atoms with Crippen molar-refractivity contribution in [2.24, 2.45) is 0 Å². The van der Waals surface area contributed by atoms with Crippen LogP contribution in [0.4, 0.5) is 0 Å². The molecular formula is C11H16N2O2. The van der Waals surface area contributed by atoms with Gasteiger partial charge in [0.25, 0.3) is 5.56 Å². The van der Waals surface area contributed by atoms with Crippen molar-refractivity contribution in [3.05, 3.63) is 34.7 Å². The molecule has 0 unspecified atom stereocenters. The van der Waals surface area contributed by atoms with Gasteiger partial charge in [-0.1, -0.05) is 13.0 Å². The summed E-state index contributed by atoms with van der Waals surface area (Å²) in [4.78, 5) is 22.8. The fourth-order valence-electron chi connectivity index (χ4n) is 1.17. The zero-order valence-corrected chi connectivity index (χ0v) is 9.06. The minimum atomic E-state index is -0.156. The molecule has 1 aromatic rings. The lowest BCUT2D eigenvalue weighted by Crippen LogP contribution is -2.36. The van der Waals surface area contributed by atoms with Gasteiger partial charge in [0.2, 0.25) is 5.91 Å². The van der Waals surface area contributed by atoms with Crippen molar-refractivity contribution >= 4 is 5.91 Å². The van der Waals surface area contributed by atoms with Crippen molar-refractivity contribution in [2.75, 3.05) is 0 Å². The van der Waals surface area contributed by atoms with E-state index in [0.29, 0.717) is 0 Å². The molecule has 0 aromatic carbocycles. The number of hydrogen-bond donors (Lipinski definition) is 1. The van der Waals surface area contributed by atoms with Crippen LogP contribution in [0.1, 0.15) is 20.3 Å². The van der Waals surface area contributed by atoms with Crippen LogP contribution in [0, 0.1) is 0 Å². The Morgan fingerprint density at radius 1 is 1.53 bits per heavy atom. The van der Waals surface area contributed by atoms with Gasteiger partial charge in [-0.05, 0) is 19.4 Å². The Kier molecular flexibility index (Phi) is 4.09. The van der Waals surface area contributed by atoms with Gasteiger partial charge >= 0.3 is 0 Å². The van der Waals surface area contributed by atoms with Gasteiger partial charge in [-0.25, -0.2) is 0 Å². The van der Waals surface area contributed by atoms with Crippen molar-refractivity contribution in [3.63, 3.8) is 0 Å². The molecule has 0 fully saturated rings. The Labute approximate surface area is 88.9 Å². The standard InChI is InChI=1S/C11H16N2O2/c1-3-9(2)12-10(14)8-13-7-5-4-6-11(13)15/h4-7,9H,3,8H2,1-2H3,(H,12,14)/t9-/m0/s1. The molecule has 0 bridgehead atoms. The van der Waals surface area contributed by atoms with Crippen molar-refractivity contribution in [1.29, 1.82) is 0 Å². The molecule has 15 heavy (non-hydrogen) atoms. The van der Waals surface area contributed by atoms with Gasteiger partial charge < -0.3 is 9.88 Å². The molecule has 1 aromatic heterocycles. The number of carbonyl (C=O) groups is 1. The lowest BCUT2D eigenvalue weighted by atomic mass is 10.2. The predicted octanol–water partition coefficient (Wildman–Crippen LogP) is 0.763. The van der Waals surface area contributed by atoms with E-state index in [-0.39, 0.29) is 24.1 Å². The first-order chi connectivity index (χ1) is 7.13. The fraction of sp³-hybridized carbons (Fsp3) is 0.455. The second kappa shape index (κ2) is 5.34. The molecule has 1 amide bonds. The first-order valence-electron chi connectivity index (χ1n) is 5.08. The molecule has 82 valence electrons. The minimum Gasteiger partial charge on any atom is -0.352 e. The van der Waals surface area contributed by atoms with Crippen molar-refractivity contribution in [3.8, 4) is 0 Å². The maximum Gasteiger partial charge on any atom is 0.250 e. The second-order valence-corrected chi connectivity index (χ2v) is 3.54. The average molecular weight is 208 g/mol. The molecule has 0 aliphatic rings. The molecule has 4 heteroatoms. The van der Waals surface area contributed by atoms with E-state index < -0.39 is 0 Å². The van der Waals surface area contributed by atoms with Crippen LogP contribution in [0.15, 0.2) is 29.2 Å². The van der Waals surface area contributed by atoms with Crippen LogP contribution in [0.5, 0.6) is 0 Å². The number of aromatic nitrogens is 1. The number of nitrogens with zero attached hydrogens (tertiary/aromatic N) is 1. The van der Waals surface area contributed by atoms with Crippen LogP contribution in [-0.4, -0.2) is 16.5 Å². The molecule has 1 N–H and O–H groups in total. The SMILES string of the molecule is CC[C@H](C)NC(=O)Cn1ccccc1=O. The third-order valence-corrected chi connectivity index (χ3v) is 2.23. The van der Waals surface area contributed by atoms with Crippen LogP contribution in [0.25, 0.3) is 0 Å². The monoisotopic (exact) mass is 208 g/mol. The Hall–Kier alpha value is -1.58. The topological polar surface area (TPSA) is 51.1 Å². The first kappa shape index (κ1) is 11.5. The van der Waals surface area contributed by atoms with Gasteiger partial charge in [0.05, 0.1) is 0 Å². The van der Waals surface area contributed by atoms with Crippen LogP contribution >= 0.6 is 0 Å². The van der Waals surface area contributed by atoms with Crippen LogP contribution in [0.3, 0.4) is 0 Å². The van der Waals surface area contributed by atoms with Crippen LogP contribution < -0.4 is 10.9 Å². The van der Waals surface area contributed by atoms with E-state index in [1.54, 1.807) is 18.3 Å². The normalized spacial score (nSPS) is 12.1. The van der Waals surface area contributed by atoms with Gasteiger partial charge in [0.15, 0.2) is 0 Å². The van der Waals surface area contributed by atoms with E-state index in [1.807, 2.05) is 13.8 Å². The maximum atomic E-state index is 11.5. The quantitative estimate of drug-likeness (QED) is 0.794. The highest BCUT2D eigenvalue weighted by atomic mass is 16.2. The molecule has 1 rings (SSSR count). The summed E-state index contributed by atoms with van der Waals surface area (Å²) in [6.45, 7) is 4.02.